The van der Waals surface area contributed by atoms with Gasteiger partial charge in [-0.15, -0.1) is 0 Å². The normalized spacial score (nSPS) is 19.3. The second kappa shape index (κ2) is 5.05. The van der Waals surface area contributed by atoms with E-state index in [0.717, 1.165) is 18.2 Å². The number of allylic oxidation sites excluding steroid dienone is 2. The summed E-state index contributed by atoms with van der Waals surface area (Å²) in [5, 5.41) is 12.0. The Kier molecular flexibility index (Phi) is 4.00. The fourth-order valence-corrected chi connectivity index (χ4v) is 1.30. The molecule has 0 aromatic rings. The van der Waals surface area contributed by atoms with Crippen molar-refractivity contribution in [2.45, 2.75) is 33.1 Å². The van der Waals surface area contributed by atoms with Crippen LogP contribution in [-0.2, 0) is 4.79 Å². The van der Waals surface area contributed by atoms with Crippen molar-refractivity contribution >= 4 is 5.97 Å². The Morgan fingerprint density at radius 3 is 2.67 bits per heavy atom. The molecule has 1 aliphatic carbocycles. The first-order valence-electron chi connectivity index (χ1n) is 5.42. The molecular weight excluding hydrogens is 192 g/mol. The van der Waals surface area contributed by atoms with Crippen LogP contribution in [0.1, 0.15) is 33.1 Å². The lowest BCUT2D eigenvalue weighted by Crippen LogP contribution is -2.21. The predicted octanol–water partition coefficient (Wildman–Crippen LogP) is 1.29. The Bertz CT molecular complexity index is 270. The van der Waals surface area contributed by atoms with Crippen LogP contribution in [0.15, 0.2) is 11.4 Å². The number of carboxylic acids is 1. The van der Waals surface area contributed by atoms with Crippen molar-refractivity contribution in [3.8, 4) is 0 Å². The summed E-state index contributed by atoms with van der Waals surface area (Å²) in [5.41, 5.74) is 7.40. The van der Waals surface area contributed by atoms with Gasteiger partial charge in [-0.05, 0) is 25.7 Å². The third kappa shape index (κ3) is 4.23. The van der Waals surface area contributed by atoms with Crippen LogP contribution in [0.3, 0.4) is 0 Å². The summed E-state index contributed by atoms with van der Waals surface area (Å²) in [4.78, 5) is 10.6. The predicted molar refractivity (Wildman–Crippen MR) is 59.0 cm³/mol. The van der Waals surface area contributed by atoms with Gasteiger partial charge in [0.25, 0.3) is 0 Å². The van der Waals surface area contributed by atoms with Crippen LogP contribution in [0.5, 0.6) is 0 Å². The van der Waals surface area contributed by atoms with Crippen molar-refractivity contribution < 1.29 is 9.90 Å². The molecule has 86 valence electrons. The lowest BCUT2D eigenvalue weighted by Gasteiger charge is -2.12. The van der Waals surface area contributed by atoms with Gasteiger partial charge in [0.05, 0.1) is 5.92 Å². The van der Waals surface area contributed by atoms with E-state index in [-0.39, 0.29) is 0 Å². The van der Waals surface area contributed by atoms with Gasteiger partial charge in [0.1, 0.15) is 0 Å². The summed E-state index contributed by atoms with van der Waals surface area (Å²) < 4.78 is 0. The summed E-state index contributed by atoms with van der Waals surface area (Å²) in [6, 6.07) is 0. The number of hydrogen-bond acceptors (Lipinski definition) is 3. The average molecular weight is 212 g/mol. The van der Waals surface area contributed by atoms with Gasteiger partial charge in [-0.25, -0.2) is 0 Å². The molecule has 0 radical (unpaired) electrons. The van der Waals surface area contributed by atoms with Gasteiger partial charge in [0.2, 0.25) is 0 Å². The molecule has 1 rings (SSSR count). The highest BCUT2D eigenvalue weighted by molar-refractivity contribution is 5.69. The van der Waals surface area contributed by atoms with E-state index in [9.17, 15) is 4.79 Å². The molecule has 0 heterocycles. The van der Waals surface area contributed by atoms with Crippen LogP contribution >= 0.6 is 0 Å². The van der Waals surface area contributed by atoms with Gasteiger partial charge in [-0.1, -0.05) is 6.92 Å². The van der Waals surface area contributed by atoms with Gasteiger partial charge in [-0.2, -0.15) is 0 Å². The van der Waals surface area contributed by atoms with Crippen LogP contribution in [-0.4, -0.2) is 17.6 Å². The maximum absolute atomic E-state index is 10.6. The standard InChI is InChI=1S/C11H20N2O2/c1-7(11(14)15)5-10(12)8(2)13-6-9-3-4-9/h7,9,13H,3-6,12H2,1-2H3,(H,14,15)/b10-8-/t7-/m0/s1. The molecule has 0 saturated heterocycles. The summed E-state index contributed by atoms with van der Waals surface area (Å²) in [5.74, 6) is -0.416. The van der Waals surface area contributed by atoms with Gasteiger partial charge < -0.3 is 16.2 Å². The second-order valence-corrected chi connectivity index (χ2v) is 4.42. The van der Waals surface area contributed by atoms with Crippen molar-refractivity contribution in [3.63, 3.8) is 0 Å². The van der Waals surface area contributed by atoms with Crippen LogP contribution in [0.25, 0.3) is 0 Å². The topological polar surface area (TPSA) is 75.3 Å². The largest absolute Gasteiger partial charge is 0.481 e. The van der Waals surface area contributed by atoms with Gasteiger partial charge in [0, 0.05) is 24.4 Å². The van der Waals surface area contributed by atoms with E-state index >= 15 is 0 Å². The van der Waals surface area contributed by atoms with E-state index in [1.165, 1.54) is 12.8 Å². The molecule has 1 saturated carbocycles. The van der Waals surface area contributed by atoms with E-state index in [1.54, 1.807) is 6.92 Å². The highest BCUT2D eigenvalue weighted by atomic mass is 16.4. The highest BCUT2D eigenvalue weighted by Crippen LogP contribution is 2.27. The van der Waals surface area contributed by atoms with Crippen LogP contribution in [0.2, 0.25) is 0 Å². The van der Waals surface area contributed by atoms with Crippen molar-refractivity contribution in [1.29, 1.82) is 0 Å². The fraction of sp³-hybridized carbons (Fsp3) is 0.727. The highest BCUT2D eigenvalue weighted by Gasteiger charge is 2.21. The first-order valence-corrected chi connectivity index (χ1v) is 5.42. The summed E-state index contributed by atoms with van der Waals surface area (Å²) in [6.45, 7) is 4.55. The zero-order valence-corrected chi connectivity index (χ0v) is 9.42. The van der Waals surface area contributed by atoms with Crippen LogP contribution < -0.4 is 11.1 Å². The summed E-state index contributed by atoms with van der Waals surface area (Å²) in [7, 11) is 0. The zero-order valence-electron chi connectivity index (χ0n) is 9.42. The number of rotatable bonds is 6. The molecule has 1 aliphatic rings. The summed E-state index contributed by atoms with van der Waals surface area (Å²) in [6.07, 6.45) is 3.01. The molecule has 0 amide bonds. The third-order valence-electron chi connectivity index (χ3n) is 2.78. The summed E-state index contributed by atoms with van der Waals surface area (Å²) >= 11 is 0. The lowest BCUT2D eigenvalue weighted by atomic mass is 10.1. The van der Waals surface area contributed by atoms with Crippen LogP contribution in [0.4, 0.5) is 0 Å². The zero-order chi connectivity index (χ0) is 11.4. The molecule has 0 aromatic carbocycles. The second-order valence-electron chi connectivity index (χ2n) is 4.42. The van der Waals surface area contributed by atoms with E-state index < -0.39 is 11.9 Å². The minimum Gasteiger partial charge on any atom is -0.481 e. The number of carboxylic acid groups (broad SMARTS) is 1. The molecule has 0 aliphatic heterocycles. The molecule has 0 unspecified atom stereocenters. The average Bonchev–Trinajstić information content (AvgIpc) is 2.97. The monoisotopic (exact) mass is 212 g/mol. The lowest BCUT2D eigenvalue weighted by molar-refractivity contribution is -0.141. The molecule has 0 spiro atoms. The SMILES string of the molecule is C/C(NCC1CC1)=C(/N)C[C@H](C)C(=O)O. The quantitative estimate of drug-likeness (QED) is 0.620. The molecule has 0 aromatic heterocycles. The Morgan fingerprint density at radius 2 is 2.20 bits per heavy atom. The molecular formula is C11H20N2O2. The van der Waals surface area contributed by atoms with Crippen molar-refractivity contribution in [2.75, 3.05) is 6.54 Å². The number of nitrogens with two attached hydrogens (primary N) is 1. The molecule has 4 nitrogen and oxygen atoms in total. The van der Waals surface area contributed by atoms with Gasteiger partial charge in [-0.3, -0.25) is 4.79 Å². The minimum absolute atomic E-state index is 0.414. The fourth-order valence-electron chi connectivity index (χ4n) is 1.30. The molecule has 1 fully saturated rings. The van der Waals surface area contributed by atoms with E-state index in [1.807, 2.05) is 6.92 Å². The molecule has 4 N–H and O–H groups in total. The molecule has 1 atom stereocenters. The van der Waals surface area contributed by atoms with Crippen LogP contribution in [0, 0.1) is 11.8 Å². The maximum atomic E-state index is 10.6. The van der Waals surface area contributed by atoms with Crippen molar-refractivity contribution in [2.24, 2.45) is 17.6 Å². The van der Waals surface area contributed by atoms with Crippen molar-refractivity contribution in [3.05, 3.63) is 11.4 Å². The Hall–Kier alpha value is -1.19. The number of carbonyl (C=O) groups is 1. The number of hydrogen-bond donors (Lipinski definition) is 3. The molecule has 0 bridgehead atoms. The Morgan fingerprint density at radius 1 is 1.60 bits per heavy atom. The van der Waals surface area contributed by atoms with Crippen molar-refractivity contribution in [1.82, 2.24) is 5.32 Å². The number of nitrogens with one attached hydrogen (secondary N) is 1. The molecule has 4 heteroatoms. The maximum Gasteiger partial charge on any atom is 0.306 e. The number of aliphatic carboxylic acids is 1. The Balaban J connectivity index is 2.36. The third-order valence-corrected chi connectivity index (χ3v) is 2.78. The minimum atomic E-state index is -0.798. The van der Waals surface area contributed by atoms with E-state index in [4.69, 9.17) is 10.8 Å². The Labute approximate surface area is 90.5 Å². The first kappa shape index (κ1) is 11.9. The van der Waals surface area contributed by atoms with Gasteiger partial charge in [0.15, 0.2) is 0 Å². The first-order chi connectivity index (χ1) is 7.00. The smallest absolute Gasteiger partial charge is 0.306 e. The van der Waals surface area contributed by atoms with E-state index in [2.05, 4.69) is 5.32 Å². The van der Waals surface area contributed by atoms with Gasteiger partial charge >= 0.3 is 5.97 Å². The molecule has 15 heavy (non-hydrogen) atoms. The van der Waals surface area contributed by atoms with E-state index in [0.29, 0.717) is 12.1 Å².